The molecule has 1 amide bonds. The molecule has 0 unspecified atom stereocenters. The Balaban J connectivity index is 1.62. The van der Waals surface area contributed by atoms with Crippen molar-refractivity contribution < 1.29 is 4.79 Å². The van der Waals surface area contributed by atoms with Crippen LogP contribution in [0.25, 0.3) is 22.2 Å². The van der Waals surface area contributed by atoms with Gasteiger partial charge in [-0.05, 0) is 66.3 Å². The summed E-state index contributed by atoms with van der Waals surface area (Å²) < 4.78 is 1.49. The molecule has 0 aliphatic carbocycles. The van der Waals surface area contributed by atoms with Crippen molar-refractivity contribution in [2.75, 3.05) is 11.1 Å². The molecule has 0 spiro atoms. The van der Waals surface area contributed by atoms with Crippen molar-refractivity contribution in [3.8, 4) is 0 Å². The average molecular weight is 477 g/mol. The molecule has 0 fully saturated rings. The summed E-state index contributed by atoms with van der Waals surface area (Å²) >= 11 is 0. The summed E-state index contributed by atoms with van der Waals surface area (Å²) in [7, 11) is 0. The van der Waals surface area contributed by atoms with Gasteiger partial charge in [-0.1, -0.05) is 56.3 Å². The van der Waals surface area contributed by atoms with Gasteiger partial charge in [0, 0.05) is 5.69 Å². The fraction of sp³-hybridized carbons (Fsp3) is 0.172. The Hall–Kier alpha value is -4.52. The first-order valence-electron chi connectivity index (χ1n) is 11.9. The van der Waals surface area contributed by atoms with Gasteiger partial charge in [0.05, 0.1) is 17.2 Å². The normalized spacial score (nSPS) is 11.7. The van der Waals surface area contributed by atoms with Crippen LogP contribution in [-0.2, 0) is 0 Å². The second kappa shape index (κ2) is 9.26. The van der Waals surface area contributed by atoms with Gasteiger partial charge in [-0.25, -0.2) is 9.97 Å². The highest BCUT2D eigenvalue weighted by molar-refractivity contribution is 6.16. The second-order valence-corrected chi connectivity index (χ2v) is 9.35. The molecule has 5 aromatic rings. The van der Waals surface area contributed by atoms with Gasteiger partial charge >= 0.3 is 0 Å². The molecule has 0 saturated carbocycles. The van der Waals surface area contributed by atoms with E-state index in [1.807, 2.05) is 62.4 Å². The van der Waals surface area contributed by atoms with Crippen LogP contribution in [0.5, 0.6) is 0 Å². The summed E-state index contributed by atoms with van der Waals surface area (Å²) in [5, 5.41) is 7.58. The van der Waals surface area contributed by atoms with Crippen molar-refractivity contribution in [1.82, 2.24) is 14.6 Å². The third-order valence-corrected chi connectivity index (χ3v) is 6.11. The topological polar surface area (TPSA) is 98.2 Å². The first-order chi connectivity index (χ1) is 17.3. The third kappa shape index (κ3) is 4.43. The first kappa shape index (κ1) is 23.2. The molecule has 7 heteroatoms. The van der Waals surface area contributed by atoms with E-state index < -0.39 is 0 Å². The first-order valence-corrected chi connectivity index (χ1v) is 11.9. The fourth-order valence-electron chi connectivity index (χ4n) is 4.32. The standard InChI is InChI=1S/C29H28N6O/c1-17(2)21-11-9-20(10-12-21)16-31-35-27(30)25(29(36)32-22-14-18(3)13-19(4)15-22)26-28(35)34-24-8-6-5-7-23(24)33-26/h5-17H,30H2,1-4H3,(H,32,36)/b31-16-. The largest absolute Gasteiger partial charge is 0.383 e. The number of hydrogen-bond acceptors (Lipinski definition) is 5. The number of benzene rings is 3. The van der Waals surface area contributed by atoms with Gasteiger partial charge < -0.3 is 11.1 Å². The summed E-state index contributed by atoms with van der Waals surface area (Å²) in [5.74, 6) is 0.265. The maximum atomic E-state index is 13.5. The van der Waals surface area contributed by atoms with E-state index in [1.165, 1.54) is 10.2 Å². The zero-order valence-electron chi connectivity index (χ0n) is 20.8. The highest BCUT2D eigenvalue weighted by atomic mass is 16.1. The van der Waals surface area contributed by atoms with E-state index in [0.29, 0.717) is 33.8 Å². The number of fused-ring (bicyclic) bond motifs is 2. The molecule has 0 saturated heterocycles. The third-order valence-electron chi connectivity index (χ3n) is 6.11. The molecule has 7 nitrogen and oxygen atoms in total. The predicted molar refractivity (Wildman–Crippen MR) is 147 cm³/mol. The lowest BCUT2D eigenvalue weighted by atomic mass is 10.0. The SMILES string of the molecule is Cc1cc(C)cc(NC(=O)c2c(N)n(/N=C\c3ccc(C(C)C)cc3)c3nc4ccccc4nc23)c1. The van der Waals surface area contributed by atoms with Gasteiger partial charge in [-0.2, -0.15) is 9.78 Å². The summed E-state index contributed by atoms with van der Waals surface area (Å²) in [6.07, 6.45) is 1.71. The van der Waals surface area contributed by atoms with Crippen LogP contribution in [0.3, 0.4) is 0 Å². The number of rotatable bonds is 5. The average Bonchev–Trinajstić information content (AvgIpc) is 3.10. The molecule has 0 aliphatic rings. The monoisotopic (exact) mass is 476 g/mol. The fourth-order valence-corrected chi connectivity index (χ4v) is 4.32. The molecule has 2 aromatic heterocycles. The van der Waals surface area contributed by atoms with Crippen molar-refractivity contribution in [1.29, 1.82) is 0 Å². The minimum Gasteiger partial charge on any atom is -0.383 e. The Bertz CT molecular complexity index is 1610. The number of amides is 1. The lowest BCUT2D eigenvalue weighted by Crippen LogP contribution is -2.14. The number of carbonyl (C=O) groups is 1. The van der Waals surface area contributed by atoms with E-state index in [2.05, 4.69) is 42.5 Å². The number of anilines is 2. The van der Waals surface area contributed by atoms with Crippen LogP contribution < -0.4 is 11.1 Å². The minimum absolute atomic E-state index is 0.178. The molecule has 0 atom stereocenters. The number of hydrogen-bond donors (Lipinski definition) is 2. The van der Waals surface area contributed by atoms with Crippen LogP contribution >= 0.6 is 0 Å². The summed E-state index contributed by atoms with van der Waals surface area (Å²) in [6.45, 7) is 8.29. The lowest BCUT2D eigenvalue weighted by molar-refractivity contribution is 0.102. The molecular weight excluding hydrogens is 448 g/mol. The van der Waals surface area contributed by atoms with E-state index in [-0.39, 0.29) is 17.3 Å². The van der Waals surface area contributed by atoms with Crippen molar-refractivity contribution >= 4 is 45.8 Å². The maximum absolute atomic E-state index is 13.5. The van der Waals surface area contributed by atoms with Crippen LogP contribution in [0.1, 0.15) is 52.4 Å². The van der Waals surface area contributed by atoms with Crippen LogP contribution in [0.15, 0.2) is 71.8 Å². The molecule has 3 N–H and O–H groups in total. The molecule has 0 aliphatic heterocycles. The number of nitrogens with one attached hydrogen (secondary N) is 1. The van der Waals surface area contributed by atoms with Crippen molar-refractivity contribution in [2.45, 2.75) is 33.6 Å². The Morgan fingerprint density at radius 1 is 0.972 bits per heavy atom. The molecule has 5 rings (SSSR count). The van der Waals surface area contributed by atoms with Crippen LogP contribution in [-0.4, -0.2) is 26.8 Å². The molecule has 3 aromatic carbocycles. The van der Waals surface area contributed by atoms with Gasteiger partial charge in [0.2, 0.25) is 0 Å². The van der Waals surface area contributed by atoms with Gasteiger partial charge in [-0.3, -0.25) is 4.79 Å². The number of nitrogens with two attached hydrogens (primary N) is 1. The molecular formula is C29H28N6O. The van der Waals surface area contributed by atoms with E-state index in [9.17, 15) is 4.79 Å². The quantitative estimate of drug-likeness (QED) is 0.302. The highest BCUT2D eigenvalue weighted by Crippen LogP contribution is 2.29. The van der Waals surface area contributed by atoms with E-state index in [4.69, 9.17) is 15.7 Å². The van der Waals surface area contributed by atoms with E-state index >= 15 is 0 Å². The number of aryl methyl sites for hydroxylation is 2. The van der Waals surface area contributed by atoms with Gasteiger partial charge in [0.15, 0.2) is 5.65 Å². The van der Waals surface area contributed by atoms with Crippen molar-refractivity contribution in [3.05, 3.63) is 94.5 Å². The lowest BCUT2D eigenvalue weighted by Gasteiger charge is -2.08. The minimum atomic E-state index is -0.359. The summed E-state index contributed by atoms with van der Waals surface area (Å²) in [5.41, 5.74) is 13.9. The van der Waals surface area contributed by atoms with Crippen molar-refractivity contribution in [2.24, 2.45) is 5.10 Å². The van der Waals surface area contributed by atoms with Crippen LogP contribution in [0.2, 0.25) is 0 Å². The number of nitrogen functional groups attached to an aromatic ring is 1. The second-order valence-electron chi connectivity index (χ2n) is 9.35. The summed E-state index contributed by atoms with van der Waals surface area (Å²) in [4.78, 5) is 23.0. The zero-order chi connectivity index (χ0) is 25.4. The molecule has 2 heterocycles. The zero-order valence-corrected chi connectivity index (χ0v) is 20.8. The molecule has 36 heavy (non-hydrogen) atoms. The highest BCUT2D eigenvalue weighted by Gasteiger charge is 2.24. The molecule has 0 radical (unpaired) electrons. The van der Waals surface area contributed by atoms with E-state index in [0.717, 1.165) is 16.7 Å². The number of para-hydroxylation sites is 2. The Kier molecular flexibility index (Phi) is 5.98. The molecule has 180 valence electrons. The van der Waals surface area contributed by atoms with Gasteiger partial charge in [0.1, 0.15) is 16.9 Å². The molecule has 0 bridgehead atoms. The van der Waals surface area contributed by atoms with Gasteiger partial charge in [0.25, 0.3) is 5.91 Å². The maximum Gasteiger partial charge on any atom is 0.261 e. The van der Waals surface area contributed by atoms with Crippen LogP contribution in [0, 0.1) is 13.8 Å². The summed E-state index contributed by atoms with van der Waals surface area (Å²) in [6, 6.07) is 21.6. The van der Waals surface area contributed by atoms with Crippen LogP contribution in [0.4, 0.5) is 11.5 Å². The number of aromatic nitrogens is 3. The van der Waals surface area contributed by atoms with Gasteiger partial charge in [-0.15, -0.1) is 0 Å². The Morgan fingerprint density at radius 3 is 2.25 bits per heavy atom. The number of nitrogens with zero attached hydrogens (tertiary/aromatic N) is 4. The van der Waals surface area contributed by atoms with Crippen molar-refractivity contribution in [3.63, 3.8) is 0 Å². The predicted octanol–water partition coefficient (Wildman–Crippen LogP) is 6.04. The smallest absolute Gasteiger partial charge is 0.261 e. The van der Waals surface area contributed by atoms with E-state index in [1.54, 1.807) is 6.21 Å². The Labute approximate surface area is 209 Å². The number of carbonyl (C=O) groups excluding carboxylic acids is 1. The Morgan fingerprint density at radius 2 is 1.61 bits per heavy atom.